The predicted octanol–water partition coefficient (Wildman–Crippen LogP) is 7.32. The molecule has 0 amide bonds. The maximum absolute atomic E-state index is 5.85. The fourth-order valence-electron chi connectivity index (χ4n) is 3.40. The largest absolute Gasteiger partial charge is 0.494 e. The topological polar surface area (TPSA) is 44.5 Å². The van der Waals surface area contributed by atoms with Crippen LogP contribution in [0.25, 0.3) is 0 Å². The first kappa shape index (κ1) is 26.3. The Morgan fingerprint density at radius 3 is 1.53 bits per heavy atom. The highest BCUT2D eigenvalue weighted by Gasteiger charge is 1.99. The Kier molecular flexibility index (Phi) is 15.9. The highest BCUT2D eigenvalue weighted by Crippen LogP contribution is 2.19. The monoisotopic (exact) mass is 433 g/mol. The molecule has 0 aliphatic rings. The molecule has 0 aromatic heterocycles. The molecule has 0 unspecified atom stereocenters. The molecule has 3 nitrogen and oxygen atoms in total. The quantitative estimate of drug-likeness (QED) is 0.266. The number of hydrogen-bond donors (Lipinski definition) is 1. The molecule has 0 radical (unpaired) electrons. The molecule has 0 spiro atoms. The van der Waals surface area contributed by atoms with E-state index in [9.17, 15) is 0 Å². The van der Waals surface area contributed by atoms with Crippen LogP contribution >= 0.6 is 12.4 Å². The second-order valence-corrected chi connectivity index (χ2v) is 7.77. The lowest BCUT2D eigenvalue weighted by Gasteiger charge is -2.09. The third-order valence-corrected chi connectivity index (χ3v) is 5.19. The molecule has 2 aromatic rings. The van der Waals surface area contributed by atoms with Gasteiger partial charge in [-0.2, -0.15) is 0 Å². The lowest BCUT2D eigenvalue weighted by atomic mass is 10.1. The fourth-order valence-corrected chi connectivity index (χ4v) is 3.40. The smallest absolute Gasteiger partial charge is 0.120 e. The van der Waals surface area contributed by atoms with Crippen LogP contribution in [0.3, 0.4) is 0 Å². The van der Waals surface area contributed by atoms with Crippen LogP contribution < -0.4 is 15.2 Å². The SMILES string of the molecule is Cl.NCCCCCCCCCCCCCOc1ccc(OCc2ccccc2)cc1. The van der Waals surface area contributed by atoms with E-state index in [1.807, 2.05) is 42.5 Å². The van der Waals surface area contributed by atoms with E-state index in [0.29, 0.717) is 6.61 Å². The first-order valence-corrected chi connectivity index (χ1v) is 11.5. The summed E-state index contributed by atoms with van der Waals surface area (Å²) in [6, 6.07) is 18.2. The van der Waals surface area contributed by atoms with Crippen molar-refractivity contribution in [2.75, 3.05) is 13.2 Å². The number of halogens is 1. The van der Waals surface area contributed by atoms with Crippen molar-refractivity contribution in [3.05, 3.63) is 60.2 Å². The third-order valence-electron chi connectivity index (χ3n) is 5.19. The van der Waals surface area contributed by atoms with Gasteiger partial charge in [-0.15, -0.1) is 12.4 Å². The van der Waals surface area contributed by atoms with Crippen LogP contribution in [0, 0.1) is 0 Å². The molecule has 0 aliphatic heterocycles. The minimum atomic E-state index is 0. The van der Waals surface area contributed by atoms with Crippen LogP contribution in [0.1, 0.15) is 76.2 Å². The minimum absolute atomic E-state index is 0. The highest BCUT2D eigenvalue weighted by atomic mass is 35.5. The van der Waals surface area contributed by atoms with Gasteiger partial charge >= 0.3 is 0 Å². The zero-order chi connectivity index (χ0) is 20.4. The van der Waals surface area contributed by atoms with Crippen molar-refractivity contribution in [1.29, 1.82) is 0 Å². The lowest BCUT2D eigenvalue weighted by molar-refractivity contribution is 0.296. The third kappa shape index (κ3) is 12.8. The van der Waals surface area contributed by atoms with Crippen molar-refractivity contribution in [3.8, 4) is 11.5 Å². The first-order chi connectivity index (χ1) is 14.4. The molecule has 0 aliphatic carbocycles. The number of ether oxygens (including phenoxy) is 2. The van der Waals surface area contributed by atoms with E-state index >= 15 is 0 Å². The first-order valence-electron chi connectivity index (χ1n) is 11.5. The molecule has 0 fully saturated rings. The highest BCUT2D eigenvalue weighted by molar-refractivity contribution is 5.85. The predicted molar refractivity (Wildman–Crippen MR) is 130 cm³/mol. The summed E-state index contributed by atoms with van der Waals surface area (Å²) >= 11 is 0. The normalized spacial score (nSPS) is 10.4. The molecule has 30 heavy (non-hydrogen) atoms. The molecule has 4 heteroatoms. The summed E-state index contributed by atoms with van der Waals surface area (Å²) in [6.07, 6.45) is 14.4. The molecule has 2 N–H and O–H groups in total. The molecule has 168 valence electrons. The number of hydrogen-bond acceptors (Lipinski definition) is 3. The van der Waals surface area contributed by atoms with Crippen molar-refractivity contribution in [2.24, 2.45) is 5.73 Å². The average Bonchev–Trinajstić information content (AvgIpc) is 2.77. The summed E-state index contributed by atoms with van der Waals surface area (Å²) in [6.45, 7) is 2.24. The Labute approximate surface area is 189 Å². The van der Waals surface area contributed by atoms with Crippen molar-refractivity contribution >= 4 is 12.4 Å². The van der Waals surface area contributed by atoms with E-state index in [0.717, 1.165) is 31.1 Å². The van der Waals surface area contributed by atoms with Crippen LogP contribution in [-0.2, 0) is 6.61 Å². The number of rotatable bonds is 17. The minimum Gasteiger partial charge on any atom is -0.494 e. The molecule has 0 atom stereocenters. The van der Waals surface area contributed by atoms with E-state index in [1.165, 1.54) is 69.8 Å². The van der Waals surface area contributed by atoms with Crippen LogP contribution in [0.2, 0.25) is 0 Å². The second-order valence-electron chi connectivity index (χ2n) is 7.77. The Morgan fingerprint density at radius 2 is 1.00 bits per heavy atom. The van der Waals surface area contributed by atoms with Crippen molar-refractivity contribution in [1.82, 2.24) is 0 Å². The molecule has 0 bridgehead atoms. The zero-order valence-corrected chi connectivity index (χ0v) is 19.2. The van der Waals surface area contributed by atoms with Crippen LogP contribution in [0.4, 0.5) is 0 Å². The number of unbranched alkanes of at least 4 members (excludes halogenated alkanes) is 10. The van der Waals surface area contributed by atoms with Crippen molar-refractivity contribution < 1.29 is 9.47 Å². The molecular weight excluding hydrogens is 394 g/mol. The standard InChI is InChI=1S/C26H39NO2.ClH/c27-21-13-8-6-4-2-1-3-5-7-9-14-22-28-25-17-19-26(20-18-25)29-23-24-15-11-10-12-16-24;/h10-12,15-20H,1-9,13-14,21-23,27H2;1H. The second kappa shape index (κ2) is 18.1. The molecule has 0 saturated carbocycles. The molecule has 0 saturated heterocycles. The van der Waals surface area contributed by atoms with E-state index < -0.39 is 0 Å². The number of nitrogens with two attached hydrogens (primary N) is 1. The molecule has 2 rings (SSSR count). The maximum atomic E-state index is 5.85. The molecular formula is C26H40ClNO2. The Hall–Kier alpha value is -1.71. The van der Waals surface area contributed by atoms with Gasteiger partial charge in [-0.1, -0.05) is 88.1 Å². The van der Waals surface area contributed by atoms with Crippen molar-refractivity contribution in [3.63, 3.8) is 0 Å². The van der Waals surface area contributed by atoms with Gasteiger partial charge in [-0.05, 0) is 49.2 Å². The van der Waals surface area contributed by atoms with Gasteiger partial charge in [0.25, 0.3) is 0 Å². The summed E-state index contributed by atoms with van der Waals surface area (Å²) in [5.41, 5.74) is 6.69. The maximum Gasteiger partial charge on any atom is 0.120 e. The Bertz CT molecular complexity index is 619. The van der Waals surface area contributed by atoms with Gasteiger partial charge in [0.2, 0.25) is 0 Å². The molecule has 2 aromatic carbocycles. The van der Waals surface area contributed by atoms with E-state index in [1.54, 1.807) is 0 Å². The lowest BCUT2D eigenvalue weighted by Crippen LogP contribution is -1.98. The van der Waals surface area contributed by atoms with E-state index in [4.69, 9.17) is 15.2 Å². The Balaban J connectivity index is 0.00000450. The number of benzene rings is 2. The van der Waals surface area contributed by atoms with Crippen LogP contribution in [0.15, 0.2) is 54.6 Å². The van der Waals surface area contributed by atoms with Gasteiger partial charge in [0.1, 0.15) is 18.1 Å². The van der Waals surface area contributed by atoms with Gasteiger partial charge in [-0.3, -0.25) is 0 Å². The summed E-state index contributed by atoms with van der Waals surface area (Å²) in [7, 11) is 0. The van der Waals surface area contributed by atoms with Crippen LogP contribution in [-0.4, -0.2) is 13.2 Å². The zero-order valence-electron chi connectivity index (χ0n) is 18.4. The molecule has 0 heterocycles. The van der Waals surface area contributed by atoms with Crippen LogP contribution in [0.5, 0.6) is 11.5 Å². The Morgan fingerprint density at radius 1 is 0.533 bits per heavy atom. The van der Waals surface area contributed by atoms with Gasteiger partial charge in [0.05, 0.1) is 6.61 Å². The van der Waals surface area contributed by atoms with Gasteiger partial charge in [-0.25, -0.2) is 0 Å². The summed E-state index contributed by atoms with van der Waals surface area (Å²) in [5, 5.41) is 0. The average molecular weight is 434 g/mol. The summed E-state index contributed by atoms with van der Waals surface area (Å²) in [4.78, 5) is 0. The van der Waals surface area contributed by atoms with Gasteiger partial charge in [0.15, 0.2) is 0 Å². The fraction of sp³-hybridized carbons (Fsp3) is 0.538. The summed E-state index contributed by atoms with van der Waals surface area (Å²) < 4.78 is 11.7. The van der Waals surface area contributed by atoms with E-state index in [-0.39, 0.29) is 12.4 Å². The van der Waals surface area contributed by atoms with Crippen molar-refractivity contribution in [2.45, 2.75) is 77.2 Å². The summed E-state index contributed by atoms with van der Waals surface area (Å²) in [5.74, 6) is 1.80. The van der Waals surface area contributed by atoms with Gasteiger partial charge in [0, 0.05) is 0 Å². The van der Waals surface area contributed by atoms with Gasteiger partial charge < -0.3 is 15.2 Å². The van der Waals surface area contributed by atoms with E-state index in [2.05, 4.69) is 12.1 Å².